The quantitative estimate of drug-likeness (QED) is 0.506. The summed E-state index contributed by atoms with van der Waals surface area (Å²) >= 11 is 0. The molecule has 0 aliphatic carbocycles. The van der Waals surface area contributed by atoms with Gasteiger partial charge in [-0.1, -0.05) is 20.8 Å². The fourth-order valence-corrected chi connectivity index (χ4v) is 4.90. The molecule has 1 unspecified atom stereocenters. The topological polar surface area (TPSA) is 113 Å². The molecule has 0 aromatic carbocycles. The highest BCUT2D eigenvalue weighted by molar-refractivity contribution is 7.89. The number of anilines is 1. The zero-order chi connectivity index (χ0) is 23.0. The van der Waals surface area contributed by atoms with Gasteiger partial charge < -0.3 is 10.3 Å². The van der Waals surface area contributed by atoms with Crippen LogP contribution < -0.4 is 10.0 Å². The van der Waals surface area contributed by atoms with Gasteiger partial charge in [-0.2, -0.15) is 0 Å². The molecule has 0 saturated heterocycles. The fourth-order valence-electron chi connectivity index (χ4n) is 3.06. The molecule has 11 heteroatoms. The Morgan fingerprint density at radius 3 is 2.52 bits per heavy atom. The molecule has 3 aromatic heterocycles. The van der Waals surface area contributed by atoms with Crippen molar-refractivity contribution in [3.63, 3.8) is 0 Å². The van der Waals surface area contributed by atoms with E-state index >= 15 is 0 Å². The Hall–Kier alpha value is -2.66. The molecule has 3 aromatic rings. The molecule has 31 heavy (non-hydrogen) atoms. The van der Waals surface area contributed by atoms with Crippen LogP contribution in [-0.2, 0) is 10.0 Å². The Morgan fingerprint density at radius 2 is 1.87 bits per heavy atom. The third kappa shape index (κ3) is 5.53. The minimum Gasteiger partial charge on any atom is -0.363 e. The molecule has 168 valence electrons. The van der Waals surface area contributed by atoms with Gasteiger partial charge in [0, 0.05) is 29.2 Å². The normalized spacial score (nSPS) is 13.7. The maximum absolute atomic E-state index is 14.5. The summed E-state index contributed by atoms with van der Waals surface area (Å²) in [6.45, 7) is 9.01. The second-order valence-corrected chi connectivity index (χ2v) is 10.6. The molecule has 0 aliphatic rings. The Kier molecular flexibility index (Phi) is 6.28. The van der Waals surface area contributed by atoms with Crippen LogP contribution in [0.15, 0.2) is 24.7 Å². The van der Waals surface area contributed by atoms with E-state index in [4.69, 9.17) is 0 Å². The minimum absolute atomic E-state index is 0.136. The summed E-state index contributed by atoms with van der Waals surface area (Å²) in [5.41, 5.74) is 0.362. The van der Waals surface area contributed by atoms with E-state index in [0.717, 1.165) is 12.4 Å². The summed E-state index contributed by atoms with van der Waals surface area (Å²) in [6.07, 6.45) is 3.64. The van der Waals surface area contributed by atoms with Crippen LogP contribution in [0.5, 0.6) is 0 Å². The number of aromatic nitrogens is 4. The summed E-state index contributed by atoms with van der Waals surface area (Å²) in [5, 5.41) is 3.39. The van der Waals surface area contributed by atoms with Gasteiger partial charge in [0.2, 0.25) is 10.0 Å². The average molecular weight is 453 g/mol. The summed E-state index contributed by atoms with van der Waals surface area (Å²) in [5.74, 6) is -1.50. The molecular weight excluding hydrogens is 426 g/mol. The molecule has 0 bridgehead atoms. The van der Waals surface area contributed by atoms with Crippen molar-refractivity contribution in [3.8, 4) is 11.4 Å². The molecular formula is C20H26F2N6O2S. The highest BCUT2D eigenvalue weighted by atomic mass is 32.2. The first-order valence-electron chi connectivity index (χ1n) is 9.78. The molecule has 0 fully saturated rings. The van der Waals surface area contributed by atoms with Crippen molar-refractivity contribution in [2.75, 3.05) is 11.1 Å². The molecule has 3 rings (SSSR count). The fraction of sp³-hybridized carbons (Fsp3) is 0.450. The second-order valence-electron chi connectivity index (χ2n) is 8.76. The maximum atomic E-state index is 14.5. The number of rotatable bonds is 7. The first-order chi connectivity index (χ1) is 14.4. The van der Waals surface area contributed by atoms with Crippen molar-refractivity contribution in [1.82, 2.24) is 24.7 Å². The monoisotopic (exact) mass is 452 g/mol. The van der Waals surface area contributed by atoms with Gasteiger partial charge in [-0.05, 0) is 25.3 Å². The third-order valence-corrected chi connectivity index (χ3v) is 6.24. The minimum atomic E-state index is -3.62. The van der Waals surface area contributed by atoms with Gasteiger partial charge in [-0.3, -0.25) is 0 Å². The van der Waals surface area contributed by atoms with Gasteiger partial charge in [0.25, 0.3) is 0 Å². The van der Waals surface area contributed by atoms with Crippen molar-refractivity contribution in [1.29, 1.82) is 0 Å². The van der Waals surface area contributed by atoms with Gasteiger partial charge in [0.1, 0.15) is 11.5 Å². The van der Waals surface area contributed by atoms with Gasteiger partial charge in [-0.15, -0.1) is 0 Å². The molecule has 3 heterocycles. The number of halogens is 2. The van der Waals surface area contributed by atoms with Gasteiger partial charge in [0.05, 0.1) is 18.1 Å². The standard InChI is InChI=1S/C20H26F2N6O2S/c1-11(2)28-31(29,30)10-16(20(3,4)5)26-19-15(22)9-25-18(27-19)14-8-24-17-13(14)6-12(21)7-23-17/h6-9,11,16,28H,10H2,1-5H3,(H,23,24)(H,25,26,27). The van der Waals surface area contributed by atoms with Crippen molar-refractivity contribution in [2.24, 2.45) is 5.41 Å². The molecule has 0 saturated carbocycles. The zero-order valence-corrected chi connectivity index (χ0v) is 18.8. The lowest BCUT2D eigenvalue weighted by Crippen LogP contribution is -2.45. The Morgan fingerprint density at radius 1 is 1.16 bits per heavy atom. The van der Waals surface area contributed by atoms with Crippen LogP contribution in [0.25, 0.3) is 22.4 Å². The molecule has 1 atom stereocenters. The average Bonchev–Trinajstić information content (AvgIpc) is 3.03. The lowest BCUT2D eigenvalue weighted by atomic mass is 9.88. The first kappa shape index (κ1) is 23.0. The van der Waals surface area contributed by atoms with Crippen molar-refractivity contribution < 1.29 is 17.2 Å². The third-order valence-electron chi connectivity index (χ3n) is 4.64. The predicted octanol–water partition coefficient (Wildman–Crippen LogP) is 3.45. The van der Waals surface area contributed by atoms with Crippen LogP contribution in [-0.4, -0.2) is 46.2 Å². The van der Waals surface area contributed by atoms with E-state index in [1.54, 1.807) is 20.0 Å². The second kappa shape index (κ2) is 8.46. The molecule has 0 aliphatic heterocycles. The van der Waals surface area contributed by atoms with Crippen molar-refractivity contribution in [2.45, 2.75) is 46.7 Å². The van der Waals surface area contributed by atoms with Gasteiger partial charge >= 0.3 is 0 Å². The number of H-pyrrole nitrogens is 1. The van der Waals surface area contributed by atoms with Gasteiger partial charge in [0.15, 0.2) is 17.5 Å². The molecule has 0 amide bonds. The molecule has 0 radical (unpaired) electrons. The maximum Gasteiger partial charge on any atom is 0.213 e. The summed E-state index contributed by atoms with van der Waals surface area (Å²) in [4.78, 5) is 15.1. The smallest absolute Gasteiger partial charge is 0.213 e. The van der Waals surface area contributed by atoms with Crippen LogP contribution in [0.4, 0.5) is 14.6 Å². The first-order valence-corrected chi connectivity index (χ1v) is 11.4. The van der Waals surface area contributed by atoms with E-state index in [1.165, 1.54) is 6.07 Å². The van der Waals surface area contributed by atoms with Crippen LogP contribution in [0, 0.1) is 17.0 Å². The molecule has 8 nitrogen and oxygen atoms in total. The van der Waals surface area contributed by atoms with Crippen LogP contribution in [0.2, 0.25) is 0 Å². The number of sulfonamides is 1. The summed E-state index contributed by atoms with van der Waals surface area (Å²) < 4.78 is 55.7. The highest BCUT2D eigenvalue weighted by Crippen LogP contribution is 2.29. The lowest BCUT2D eigenvalue weighted by molar-refractivity contribution is 0.356. The zero-order valence-electron chi connectivity index (χ0n) is 18.0. The number of fused-ring (bicyclic) bond motifs is 1. The van der Waals surface area contributed by atoms with E-state index in [2.05, 4.69) is 30.0 Å². The number of hydrogen-bond donors (Lipinski definition) is 3. The predicted molar refractivity (Wildman–Crippen MR) is 116 cm³/mol. The van der Waals surface area contributed by atoms with Crippen LogP contribution in [0.3, 0.4) is 0 Å². The van der Waals surface area contributed by atoms with Crippen LogP contribution >= 0.6 is 0 Å². The largest absolute Gasteiger partial charge is 0.363 e. The van der Waals surface area contributed by atoms with Crippen LogP contribution in [0.1, 0.15) is 34.6 Å². The highest BCUT2D eigenvalue weighted by Gasteiger charge is 2.31. The molecule has 3 N–H and O–H groups in total. The van der Waals surface area contributed by atoms with E-state index in [-0.39, 0.29) is 23.4 Å². The van der Waals surface area contributed by atoms with Gasteiger partial charge in [-0.25, -0.2) is 36.9 Å². The van der Waals surface area contributed by atoms with Crippen molar-refractivity contribution in [3.05, 3.63) is 36.3 Å². The SMILES string of the molecule is CC(C)NS(=O)(=O)CC(Nc1nc(-c2c[nH]c3ncc(F)cc23)ncc1F)C(C)(C)C. The number of nitrogens with one attached hydrogen (secondary N) is 3. The van der Waals surface area contributed by atoms with E-state index < -0.39 is 33.1 Å². The van der Waals surface area contributed by atoms with E-state index in [1.807, 2.05) is 20.8 Å². The Balaban J connectivity index is 1.97. The Labute approximate surface area is 180 Å². The number of aromatic amines is 1. The molecule has 0 spiro atoms. The van der Waals surface area contributed by atoms with Crippen molar-refractivity contribution >= 4 is 26.9 Å². The lowest BCUT2D eigenvalue weighted by Gasteiger charge is -2.32. The number of nitrogens with zero attached hydrogens (tertiary/aromatic N) is 3. The number of pyridine rings is 1. The summed E-state index contributed by atoms with van der Waals surface area (Å²) in [6, 6.07) is 0.378. The number of hydrogen-bond acceptors (Lipinski definition) is 6. The van der Waals surface area contributed by atoms with E-state index in [9.17, 15) is 17.2 Å². The summed E-state index contributed by atoms with van der Waals surface area (Å²) in [7, 11) is -3.62. The van der Waals surface area contributed by atoms with E-state index in [0.29, 0.717) is 16.6 Å². The Bertz CT molecular complexity index is 1190.